The second-order valence-corrected chi connectivity index (χ2v) is 15.4. The summed E-state index contributed by atoms with van der Waals surface area (Å²) in [6.45, 7) is 22.2. The van der Waals surface area contributed by atoms with Crippen LogP contribution < -0.4 is 0 Å². The number of allylic oxidation sites excluding steroid dienone is 5. The van der Waals surface area contributed by atoms with Crippen molar-refractivity contribution in [2.75, 3.05) is 0 Å². The van der Waals surface area contributed by atoms with Gasteiger partial charge in [0.15, 0.2) is 10.9 Å². The molecule has 252 valence electrons. The first-order valence-corrected chi connectivity index (χ1v) is 17.7. The molecule has 0 amide bonds. The van der Waals surface area contributed by atoms with Crippen LogP contribution in [0, 0.1) is 12.8 Å². The molecule has 1 aromatic rings. The number of thioether (sulfide) groups is 2. The van der Waals surface area contributed by atoms with Gasteiger partial charge in [0, 0.05) is 27.4 Å². The van der Waals surface area contributed by atoms with E-state index in [1.807, 2.05) is 38.6 Å². The smallest absolute Gasteiger partial charge is 0.295 e. The van der Waals surface area contributed by atoms with Crippen LogP contribution in [0.1, 0.15) is 132 Å². The first-order chi connectivity index (χ1) is 20.4. The van der Waals surface area contributed by atoms with Gasteiger partial charge in [0.1, 0.15) is 0 Å². The number of unbranched alkanes of at least 4 members (excludes halogenated alkanes) is 2. The van der Waals surface area contributed by atoms with E-state index in [4.69, 9.17) is 0 Å². The van der Waals surface area contributed by atoms with Crippen LogP contribution in [0.3, 0.4) is 0 Å². The maximum Gasteiger partial charge on any atom is 0.416 e. The van der Waals surface area contributed by atoms with Crippen LogP contribution in [0.15, 0.2) is 59.0 Å². The van der Waals surface area contributed by atoms with E-state index in [9.17, 15) is 22.8 Å². The van der Waals surface area contributed by atoms with Crippen LogP contribution in [0.2, 0.25) is 0 Å². The molecule has 0 aromatic heterocycles. The molecule has 0 radical (unpaired) electrons. The van der Waals surface area contributed by atoms with Crippen molar-refractivity contribution in [1.29, 1.82) is 0 Å². The first kappa shape index (κ1) is 44.4. The summed E-state index contributed by atoms with van der Waals surface area (Å²) < 4.78 is 35.8. The summed E-state index contributed by atoms with van der Waals surface area (Å²) in [5.41, 5.74) is 1.09. The fourth-order valence-corrected chi connectivity index (χ4v) is 6.33. The Morgan fingerprint density at radius 3 is 1.75 bits per heavy atom. The Bertz CT molecular complexity index is 1010. The molecular weight excluding hydrogens is 598 g/mol. The third-order valence-electron chi connectivity index (χ3n) is 6.05. The van der Waals surface area contributed by atoms with Crippen LogP contribution in [0.5, 0.6) is 0 Å². The molecule has 0 aliphatic heterocycles. The van der Waals surface area contributed by atoms with Crippen molar-refractivity contribution in [1.82, 2.24) is 0 Å². The lowest BCUT2D eigenvalue weighted by molar-refractivity contribution is -0.137. The highest BCUT2D eigenvalue weighted by molar-refractivity contribution is 8.14. The Morgan fingerprint density at radius 1 is 0.886 bits per heavy atom. The van der Waals surface area contributed by atoms with Crippen molar-refractivity contribution in [3.8, 4) is 0 Å². The Balaban J connectivity index is 0. The van der Waals surface area contributed by atoms with Crippen molar-refractivity contribution < 1.29 is 22.8 Å². The lowest BCUT2D eigenvalue weighted by atomic mass is 10.0. The van der Waals surface area contributed by atoms with Gasteiger partial charge >= 0.3 is 6.18 Å². The summed E-state index contributed by atoms with van der Waals surface area (Å²) in [7, 11) is 0. The quantitative estimate of drug-likeness (QED) is 0.265. The fraction of sp³-hybridized carbons (Fsp3) is 0.622. The van der Waals surface area contributed by atoms with Crippen molar-refractivity contribution >= 4 is 34.4 Å². The van der Waals surface area contributed by atoms with E-state index < -0.39 is 11.7 Å². The van der Waals surface area contributed by atoms with Crippen LogP contribution in [-0.4, -0.2) is 20.9 Å². The molecule has 0 spiro atoms. The Labute approximate surface area is 276 Å². The highest BCUT2D eigenvalue weighted by Crippen LogP contribution is 2.32. The van der Waals surface area contributed by atoms with Gasteiger partial charge in [-0.05, 0) is 57.2 Å². The van der Waals surface area contributed by atoms with Crippen molar-refractivity contribution in [3.05, 3.63) is 70.2 Å². The number of ketones is 1. The van der Waals surface area contributed by atoms with E-state index in [0.29, 0.717) is 11.2 Å². The van der Waals surface area contributed by atoms with Gasteiger partial charge < -0.3 is 0 Å². The molecule has 44 heavy (non-hydrogen) atoms. The number of carbonyl (C=O) groups excluding carboxylic acids is 2. The maximum atomic E-state index is 11.9. The summed E-state index contributed by atoms with van der Waals surface area (Å²) in [6, 6.07) is 5.05. The van der Waals surface area contributed by atoms with Crippen molar-refractivity contribution in [2.24, 2.45) is 5.92 Å². The molecule has 0 N–H and O–H groups in total. The predicted octanol–water partition coefficient (Wildman–Crippen LogP) is 13.0. The normalized spacial score (nSPS) is 17.8. The number of rotatable bonds is 9. The number of Topliss-reactive ketones (excluding diaryl/α,β-unsaturated/α-hetero) is 1. The number of aryl methyl sites for hydroxylation is 1. The molecule has 1 atom stereocenters. The summed E-state index contributed by atoms with van der Waals surface area (Å²) in [5.74, 6) is 0.666. The summed E-state index contributed by atoms with van der Waals surface area (Å²) in [5, 5.41) is 0.898. The molecule has 0 saturated carbocycles. The molecule has 1 aliphatic rings. The monoisotopic (exact) mass is 656 g/mol. The van der Waals surface area contributed by atoms with E-state index in [-0.39, 0.29) is 15.6 Å². The van der Waals surface area contributed by atoms with Crippen LogP contribution in [-0.2, 0) is 15.8 Å². The van der Waals surface area contributed by atoms with Gasteiger partial charge in [-0.1, -0.05) is 135 Å². The average Bonchev–Trinajstić information content (AvgIpc) is 2.87. The molecule has 0 heterocycles. The SMILES string of the molecule is CC(=O)SC(C)(C)C.CCCC(CCC)SC1=C/C(C)C/C=C(C(C)=O)/C=C\1.CCCCC.Cc1ccc(C(F)(F)F)cc1. The zero-order chi connectivity index (χ0) is 34.3. The number of halogens is 3. The van der Waals surface area contributed by atoms with Crippen molar-refractivity contribution in [2.45, 2.75) is 144 Å². The third kappa shape index (κ3) is 25.6. The van der Waals surface area contributed by atoms with Gasteiger partial charge in [-0.15, -0.1) is 11.8 Å². The molecule has 7 heteroatoms. The highest BCUT2D eigenvalue weighted by atomic mass is 32.2. The molecular formula is C37H59F3O2S2. The highest BCUT2D eigenvalue weighted by Gasteiger charge is 2.29. The molecule has 0 fully saturated rings. The summed E-state index contributed by atoms with van der Waals surface area (Å²) in [6.07, 6.45) is 14.4. The number of alkyl halides is 3. The third-order valence-corrected chi connectivity index (χ3v) is 8.30. The number of carbonyl (C=O) groups is 2. The average molecular weight is 657 g/mol. The number of benzene rings is 1. The number of hydrogen-bond donors (Lipinski definition) is 0. The second-order valence-electron chi connectivity index (χ2n) is 12.1. The topological polar surface area (TPSA) is 34.1 Å². The second kappa shape index (κ2) is 24.5. The van der Waals surface area contributed by atoms with Gasteiger partial charge in [-0.25, -0.2) is 0 Å². The minimum absolute atomic E-state index is 0.0891. The Hall–Kier alpha value is -1.73. The number of hydrogen-bond acceptors (Lipinski definition) is 4. The molecule has 1 aliphatic carbocycles. The van der Waals surface area contributed by atoms with Crippen LogP contribution >= 0.6 is 23.5 Å². The van der Waals surface area contributed by atoms with Gasteiger partial charge in [0.05, 0.1) is 5.56 Å². The Morgan fingerprint density at radius 2 is 1.41 bits per heavy atom. The van der Waals surface area contributed by atoms with Gasteiger partial charge in [0.25, 0.3) is 0 Å². The van der Waals surface area contributed by atoms with E-state index >= 15 is 0 Å². The van der Waals surface area contributed by atoms with E-state index in [2.05, 4.69) is 52.8 Å². The first-order valence-electron chi connectivity index (χ1n) is 16.0. The van der Waals surface area contributed by atoms with Gasteiger partial charge in [0.2, 0.25) is 0 Å². The lowest BCUT2D eigenvalue weighted by Crippen LogP contribution is -2.09. The molecule has 0 bridgehead atoms. The van der Waals surface area contributed by atoms with E-state index in [0.717, 1.165) is 29.7 Å². The minimum Gasteiger partial charge on any atom is -0.295 e. The van der Waals surface area contributed by atoms with E-state index in [1.54, 1.807) is 20.8 Å². The molecule has 0 saturated heterocycles. The van der Waals surface area contributed by atoms with Crippen LogP contribution in [0.25, 0.3) is 0 Å². The lowest BCUT2D eigenvalue weighted by Gasteiger charge is -2.17. The van der Waals surface area contributed by atoms with Crippen molar-refractivity contribution in [3.63, 3.8) is 0 Å². The van der Waals surface area contributed by atoms with Gasteiger partial charge in [-0.2, -0.15) is 13.2 Å². The zero-order valence-electron chi connectivity index (χ0n) is 29.2. The van der Waals surface area contributed by atoms with Crippen LogP contribution in [0.4, 0.5) is 13.2 Å². The molecule has 1 aromatic carbocycles. The summed E-state index contributed by atoms with van der Waals surface area (Å²) >= 11 is 3.36. The van der Waals surface area contributed by atoms with Gasteiger partial charge in [-0.3, -0.25) is 9.59 Å². The predicted molar refractivity (Wildman–Crippen MR) is 190 cm³/mol. The maximum absolute atomic E-state index is 11.9. The Kier molecular flexibility index (Phi) is 24.7. The molecule has 2 nitrogen and oxygen atoms in total. The minimum atomic E-state index is -4.21. The zero-order valence-corrected chi connectivity index (χ0v) is 30.8. The van der Waals surface area contributed by atoms with E-state index in [1.165, 1.54) is 73.7 Å². The molecule has 2 rings (SSSR count). The standard InChI is InChI=1S/C18H28OS.C8H7F3.C6H12OS.C5H12/c1-5-7-17(8-6-2)20-18-12-11-16(15(4)19)10-9-14(3)13-18;1-6-2-4-7(5-3-6)8(9,10)11;1-5(7)8-6(2,3)4;1-3-5-4-2/h10-14,17H,5-9H2,1-4H3;2-5H,1H3;1-4H3;3-5H2,1-2H3/b12-11-,16-10-,18-13+;;;. The fourth-order valence-electron chi connectivity index (χ4n) is 3.92. The largest absolute Gasteiger partial charge is 0.416 e. The summed E-state index contributed by atoms with van der Waals surface area (Å²) in [4.78, 5) is 23.3. The molecule has 1 unspecified atom stereocenters.